The molecule has 0 amide bonds. The Morgan fingerprint density at radius 1 is 1.18 bits per heavy atom. The second-order valence-electron chi connectivity index (χ2n) is 7.20. The Balaban J connectivity index is 1.83. The highest BCUT2D eigenvalue weighted by atomic mass is 16.7. The molecule has 0 saturated carbocycles. The number of ketones is 1. The van der Waals surface area contributed by atoms with Crippen molar-refractivity contribution in [1.29, 1.82) is 0 Å². The first kappa shape index (κ1) is 17.7. The summed E-state index contributed by atoms with van der Waals surface area (Å²) in [6.45, 7) is 9.27. The number of allylic oxidation sites excluding steroid dienone is 2. The van der Waals surface area contributed by atoms with E-state index in [0.717, 1.165) is 19.3 Å². The number of unbranched alkanes of at least 4 members (excludes halogenated alkanes) is 3. The lowest BCUT2D eigenvalue weighted by atomic mass is 9.73. The summed E-state index contributed by atoms with van der Waals surface area (Å²) in [6.07, 6.45) is 7.32. The standard InChI is InChI=1S/C19H32O3/c1-5-6-7-8-9-15(4)22-19-18(20)17-11-14(3)13(2)10-16(17)12-21-19/h15-17,19H,5-12H2,1-4H3/t15-,16+,17+,19+/m1/s1. The molecule has 1 fully saturated rings. The van der Waals surface area contributed by atoms with Gasteiger partial charge in [-0.2, -0.15) is 0 Å². The molecule has 3 heteroatoms. The second-order valence-corrected chi connectivity index (χ2v) is 7.20. The van der Waals surface area contributed by atoms with E-state index in [2.05, 4.69) is 27.7 Å². The molecule has 0 aromatic rings. The zero-order chi connectivity index (χ0) is 16.1. The lowest BCUT2D eigenvalue weighted by Gasteiger charge is -2.39. The Hall–Kier alpha value is -0.670. The van der Waals surface area contributed by atoms with Gasteiger partial charge in [0.05, 0.1) is 12.7 Å². The third-order valence-corrected chi connectivity index (χ3v) is 5.27. The maximum absolute atomic E-state index is 12.7. The summed E-state index contributed by atoms with van der Waals surface area (Å²) >= 11 is 0. The molecule has 1 aliphatic heterocycles. The third-order valence-electron chi connectivity index (χ3n) is 5.27. The van der Waals surface area contributed by atoms with Gasteiger partial charge in [0.1, 0.15) is 0 Å². The zero-order valence-corrected chi connectivity index (χ0v) is 14.7. The van der Waals surface area contributed by atoms with Crippen LogP contribution in [-0.2, 0) is 14.3 Å². The molecule has 0 aromatic carbocycles. The van der Waals surface area contributed by atoms with Gasteiger partial charge in [0.25, 0.3) is 0 Å². The highest BCUT2D eigenvalue weighted by molar-refractivity contribution is 5.85. The van der Waals surface area contributed by atoms with Gasteiger partial charge >= 0.3 is 0 Å². The fourth-order valence-corrected chi connectivity index (χ4v) is 3.60. The average Bonchev–Trinajstić information content (AvgIpc) is 2.49. The van der Waals surface area contributed by atoms with Gasteiger partial charge in [-0.05, 0) is 46.0 Å². The number of carbonyl (C=O) groups excluding carboxylic acids is 1. The van der Waals surface area contributed by atoms with Gasteiger partial charge in [-0.3, -0.25) is 4.79 Å². The van der Waals surface area contributed by atoms with Gasteiger partial charge in [0.15, 0.2) is 5.78 Å². The molecule has 0 N–H and O–H groups in total. The predicted octanol–water partition coefficient (Wildman–Crippen LogP) is 4.65. The SMILES string of the molecule is CCCCCC[C@@H](C)O[C@@H]1OC[C@@H]2CC(C)=C(C)C[C@@H]2C1=O. The van der Waals surface area contributed by atoms with Gasteiger partial charge in [0.2, 0.25) is 6.29 Å². The number of rotatable bonds is 7. The number of ether oxygens (including phenoxy) is 2. The monoisotopic (exact) mass is 308 g/mol. The molecule has 4 atom stereocenters. The number of Topliss-reactive ketones (excluding diaryl/α,β-unsaturated/α-hetero) is 1. The minimum atomic E-state index is -0.631. The molecule has 0 bridgehead atoms. The summed E-state index contributed by atoms with van der Waals surface area (Å²) in [7, 11) is 0. The Labute approximate surface area is 135 Å². The highest BCUT2D eigenvalue weighted by Crippen LogP contribution is 2.38. The fraction of sp³-hybridized carbons (Fsp3) is 0.842. The maximum atomic E-state index is 12.7. The third kappa shape index (κ3) is 4.42. The molecule has 126 valence electrons. The Kier molecular flexibility index (Phi) is 6.64. The normalized spacial score (nSPS) is 30.4. The molecule has 22 heavy (non-hydrogen) atoms. The summed E-state index contributed by atoms with van der Waals surface area (Å²) in [4.78, 5) is 12.7. The molecule has 1 aliphatic carbocycles. The van der Waals surface area contributed by atoms with Crippen LogP contribution in [0.15, 0.2) is 11.1 Å². The van der Waals surface area contributed by atoms with E-state index in [1.165, 1.54) is 36.8 Å². The Morgan fingerprint density at radius 2 is 1.91 bits per heavy atom. The van der Waals surface area contributed by atoms with Crippen molar-refractivity contribution in [3.8, 4) is 0 Å². The molecule has 0 unspecified atom stereocenters. The van der Waals surface area contributed by atoms with Crippen molar-refractivity contribution in [2.75, 3.05) is 6.61 Å². The fourth-order valence-electron chi connectivity index (χ4n) is 3.60. The lowest BCUT2D eigenvalue weighted by molar-refractivity contribution is -0.206. The van der Waals surface area contributed by atoms with Crippen LogP contribution in [0.5, 0.6) is 0 Å². The van der Waals surface area contributed by atoms with Crippen LogP contribution in [0.2, 0.25) is 0 Å². The molecule has 3 nitrogen and oxygen atoms in total. The van der Waals surface area contributed by atoms with Crippen molar-refractivity contribution in [2.24, 2.45) is 11.8 Å². The lowest BCUT2D eigenvalue weighted by Crippen LogP contribution is -2.46. The summed E-state index contributed by atoms with van der Waals surface area (Å²) < 4.78 is 11.7. The van der Waals surface area contributed by atoms with E-state index in [0.29, 0.717) is 12.5 Å². The minimum Gasteiger partial charge on any atom is -0.346 e. The topological polar surface area (TPSA) is 35.5 Å². The van der Waals surface area contributed by atoms with Crippen LogP contribution in [0, 0.1) is 11.8 Å². The summed E-state index contributed by atoms with van der Waals surface area (Å²) in [6, 6.07) is 0. The number of hydrogen-bond acceptors (Lipinski definition) is 3. The molecule has 2 rings (SSSR count). The van der Waals surface area contributed by atoms with Crippen molar-refractivity contribution in [1.82, 2.24) is 0 Å². The zero-order valence-electron chi connectivity index (χ0n) is 14.7. The Bertz CT molecular complexity index is 413. The van der Waals surface area contributed by atoms with Crippen LogP contribution in [0.3, 0.4) is 0 Å². The van der Waals surface area contributed by atoms with Gasteiger partial charge < -0.3 is 9.47 Å². The summed E-state index contributed by atoms with van der Waals surface area (Å²) in [5.41, 5.74) is 2.81. The van der Waals surface area contributed by atoms with Gasteiger partial charge in [-0.25, -0.2) is 0 Å². The van der Waals surface area contributed by atoms with E-state index in [1.807, 2.05) is 0 Å². The molecule has 1 heterocycles. The van der Waals surface area contributed by atoms with E-state index >= 15 is 0 Å². The molecule has 2 aliphatic rings. The number of hydrogen-bond donors (Lipinski definition) is 0. The first-order valence-corrected chi connectivity index (χ1v) is 8.99. The van der Waals surface area contributed by atoms with Gasteiger partial charge in [-0.15, -0.1) is 0 Å². The highest BCUT2D eigenvalue weighted by Gasteiger charge is 2.42. The number of fused-ring (bicyclic) bond motifs is 1. The predicted molar refractivity (Wildman–Crippen MR) is 88.6 cm³/mol. The Morgan fingerprint density at radius 3 is 2.64 bits per heavy atom. The van der Waals surface area contributed by atoms with E-state index in [-0.39, 0.29) is 17.8 Å². The van der Waals surface area contributed by atoms with Crippen molar-refractivity contribution in [3.05, 3.63) is 11.1 Å². The van der Waals surface area contributed by atoms with Crippen molar-refractivity contribution >= 4 is 5.78 Å². The van der Waals surface area contributed by atoms with Crippen LogP contribution in [0.25, 0.3) is 0 Å². The smallest absolute Gasteiger partial charge is 0.218 e. The van der Waals surface area contributed by atoms with E-state index in [4.69, 9.17) is 9.47 Å². The van der Waals surface area contributed by atoms with E-state index < -0.39 is 6.29 Å². The number of carbonyl (C=O) groups is 1. The van der Waals surface area contributed by atoms with Crippen LogP contribution in [-0.4, -0.2) is 24.8 Å². The molecular formula is C19H32O3. The molecule has 0 radical (unpaired) electrons. The first-order valence-electron chi connectivity index (χ1n) is 8.99. The van der Waals surface area contributed by atoms with Crippen LogP contribution in [0.4, 0.5) is 0 Å². The van der Waals surface area contributed by atoms with Crippen molar-refractivity contribution in [2.45, 2.75) is 85.0 Å². The minimum absolute atomic E-state index is 0.101. The quantitative estimate of drug-likeness (QED) is 0.507. The summed E-state index contributed by atoms with van der Waals surface area (Å²) in [5.74, 6) is 0.633. The van der Waals surface area contributed by atoms with Crippen LogP contribution in [0.1, 0.15) is 72.6 Å². The van der Waals surface area contributed by atoms with E-state index in [1.54, 1.807) is 0 Å². The molecule has 0 spiro atoms. The first-order chi connectivity index (χ1) is 10.5. The van der Waals surface area contributed by atoms with Gasteiger partial charge in [-0.1, -0.05) is 43.8 Å². The molecule has 1 saturated heterocycles. The van der Waals surface area contributed by atoms with Crippen molar-refractivity contribution < 1.29 is 14.3 Å². The molecule has 0 aromatic heterocycles. The van der Waals surface area contributed by atoms with Crippen LogP contribution >= 0.6 is 0 Å². The van der Waals surface area contributed by atoms with Crippen LogP contribution < -0.4 is 0 Å². The summed E-state index contributed by atoms with van der Waals surface area (Å²) in [5, 5.41) is 0. The van der Waals surface area contributed by atoms with E-state index in [9.17, 15) is 4.79 Å². The van der Waals surface area contributed by atoms with Gasteiger partial charge in [0, 0.05) is 5.92 Å². The largest absolute Gasteiger partial charge is 0.346 e. The molecular weight excluding hydrogens is 276 g/mol. The average molecular weight is 308 g/mol. The second kappa shape index (κ2) is 8.26. The van der Waals surface area contributed by atoms with Crippen molar-refractivity contribution in [3.63, 3.8) is 0 Å². The maximum Gasteiger partial charge on any atom is 0.218 e.